The smallest absolute Gasteiger partial charge is 0.131 e. The van der Waals surface area contributed by atoms with Gasteiger partial charge in [-0.25, -0.2) is 0 Å². The molecule has 0 amide bonds. The second-order valence-corrected chi connectivity index (χ2v) is 5.57. The van der Waals surface area contributed by atoms with Crippen molar-refractivity contribution in [2.45, 2.75) is 39.9 Å². The van der Waals surface area contributed by atoms with Gasteiger partial charge >= 0.3 is 0 Å². The first-order chi connectivity index (χ1) is 9.93. The molecule has 2 rings (SSSR count). The predicted molar refractivity (Wildman–Crippen MR) is 83.7 cm³/mol. The summed E-state index contributed by atoms with van der Waals surface area (Å²) >= 11 is 6.31. The fourth-order valence-corrected chi connectivity index (χ4v) is 2.60. The van der Waals surface area contributed by atoms with Crippen molar-refractivity contribution in [1.29, 1.82) is 0 Å². The number of aromatic nitrogens is 2. The van der Waals surface area contributed by atoms with Gasteiger partial charge in [0.25, 0.3) is 0 Å². The van der Waals surface area contributed by atoms with Gasteiger partial charge in [-0.3, -0.25) is 4.68 Å². The van der Waals surface area contributed by atoms with E-state index < -0.39 is 6.10 Å². The molecule has 1 aromatic carbocycles. The third-order valence-electron chi connectivity index (χ3n) is 3.48. The summed E-state index contributed by atoms with van der Waals surface area (Å²) < 4.78 is 7.60. The summed E-state index contributed by atoms with van der Waals surface area (Å²) in [6.07, 6.45) is 0.212. The minimum absolute atomic E-state index is 0.325. The van der Waals surface area contributed by atoms with E-state index >= 15 is 0 Å². The lowest BCUT2D eigenvalue weighted by atomic mass is 10.1. The molecule has 4 nitrogen and oxygen atoms in total. The fraction of sp³-hybridized carbons (Fsp3) is 0.438. The van der Waals surface area contributed by atoms with Crippen LogP contribution in [0.1, 0.15) is 42.5 Å². The van der Waals surface area contributed by atoms with Gasteiger partial charge in [-0.15, -0.1) is 0 Å². The summed E-state index contributed by atoms with van der Waals surface area (Å²) in [7, 11) is 1.86. The average molecular weight is 309 g/mol. The zero-order valence-electron chi connectivity index (χ0n) is 12.9. The van der Waals surface area contributed by atoms with Crippen molar-refractivity contribution in [3.8, 4) is 5.75 Å². The van der Waals surface area contributed by atoms with Gasteiger partial charge in [0.1, 0.15) is 12.4 Å². The number of aliphatic hydroxyl groups is 1. The summed E-state index contributed by atoms with van der Waals surface area (Å²) in [4.78, 5) is 0. The maximum absolute atomic E-state index is 9.85. The maximum Gasteiger partial charge on any atom is 0.131 e. The van der Waals surface area contributed by atoms with Crippen LogP contribution in [0.3, 0.4) is 0 Å². The third kappa shape index (κ3) is 3.39. The molecule has 2 aromatic rings. The first kappa shape index (κ1) is 15.9. The number of hydrogen-bond acceptors (Lipinski definition) is 3. The van der Waals surface area contributed by atoms with Gasteiger partial charge in [-0.2, -0.15) is 5.10 Å². The van der Waals surface area contributed by atoms with Crippen molar-refractivity contribution in [1.82, 2.24) is 9.78 Å². The minimum atomic E-state index is -0.576. The number of hydrogen-bond donors (Lipinski definition) is 1. The van der Waals surface area contributed by atoms with E-state index in [9.17, 15) is 5.11 Å². The zero-order chi connectivity index (χ0) is 15.6. The molecular formula is C16H21ClN2O2. The lowest BCUT2D eigenvalue weighted by Gasteiger charge is -2.14. The molecule has 1 heterocycles. The normalized spacial score (nSPS) is 12.5. The molecule has 1 N–H and O–H groups in total. The molecule has 0 aliphatic heterocycles. The van der Waals surface area contributed by atoms with E-state index in [0.717, 1.165) is 28.9 Å². The van der Waals surface area contributed by atoms with E-state index in [1.807, 2.05) is 39.1 Å². The van der Waals surface area contributed by atoms with Crippen LogP contribution in [0.2, 0.25) is 5.02 Å². The van der Waals surface area contributed by atoms with E-state index in [1.165, 1.54) is 0 Å². The van der Waals surface area contributed by atoms with Crippen molar-refractivity contribution in [3.05, 3.63) is 45.7 Å². The number of rotatable bonds is 5. The highest BCUT2D eigenvalue weighted by Crippen LogP contribution is 2.28. The van der Waals surface area contributed by atoms with Crippen LogP contribution in [-0.4, -0.2) is 14.9 Å². The Morgan fingerprint density at radius 1 is 1.43 bits per heavy atom. The molecule has 0 bridgehead atoms. The molecule has 0 radical (unpaired) electrons. The second kappa shape index (κ2) is 6.50. The first-order valence-corrected chi connectivity index (χ1v) is 7.43. The molecule has 0 saturated heterocycles. The summed E-state index contributed by atoms with van der Waals surface area (Å²) in [6.45, 7) is 6.06. The highest BCUT2D eigenvalue weighted by Gasteiger charge is 2.15. The molecule has 21 heavy (non-hydrogen) atoms. The number of ether oxygens (including phenoxy) is 1. The van der Waals surface area contributed by atoms with Gasteiger partial charge < -0.3 is 9.84 Å². The van der Waals surface area contributed by atoms with Crippen LogP contribution < -0.4 is 4.74 Å². The first-order valence-electron chi connectivity index (χ1n) is 7.05. The molecule has 0 unspecified atom stereocenters. The summed E-state index contributed by atoms with van der Waals surface area (Å²) in [6, 6.07) is 5.77. The van der Waals surface area contributed by atoms with Gasteiger partial charge in [0.05, 0.1) is 22.5 Å². The van der Waals surface area contributed by atoms with Crippen LogP contribution in [0.4, 0.5) is 0 Å². The molecule has 1 atom stereocenters. The van der Waals surface area contributed by atoms with Crippen LogP contribution >= 0.6 is 11.6 Å². The van der Waals surface area contributed by atoms with Crippen LogP contribution in [0, 0.1) is 6.92 Å². The lowest BCUT2D eigenvalue weighted by molar-refractivity contribution is 0.189. The minimum Gasteiger partial charge on any atom is -0.487 e. The van der Waals surface area contributed by atoms with Crippen LogP contribution in [0.25, 0.3) is 0 Å². The van der Waals surface area contributed by atoms with Crippen molar-refractivity contribution in [2.24, 2.45) is 7.05 Å². The topological polar surface area (TPSA) is 47.3 Å². The van der Waals surface area contributed by atoms with Crippen LogP contribution in [0.15, 0.2) is 18.2 Å². The highest BCUT2D eigenvalue weighted by atomic mass is 35.5. The van der Waals surface area contributed by atoms with Crippen molar-refractivity contribution < 1.29 is 9.84 Å². The van der Waals surface area contributed by atoms with Gasteiger partial charge in [0, 0.05) is 12.6 Å². The predicted octanol–water partition coefficient (Wildman–Crippen LogP) is 3.58. The summed E-state index contributed by atoms with van der Waals surface area (Å²) in [5, 5.41) is 14.9. The number of halogens is 1. The van der Waals surface area contributed by atoms with Gasteiger partial charge in [0.15, 0.2) is 0 Å². The number of aryl methyl sites for hydroxylation is 3. The Morgan fingerprint density at radius 2 is 2.14 bits per heavy atom. The second-order valence-electron chi connectivity index (χ2n) is 5.19. The van der Waals surface area contributed by atoms with E-state index in [1.54, 1.807) is 11.6 Å². The molecule has 114 valence electrons. The molecule has 5 heteroatoms. The molecule has 1 aromatic heterocycles. The fourth-order valence-electron chi connectivity index (χ4n) is 2.25. The maximum atomic E-state index is 9.85. The van der Waals surface area contributed by atoms with E-state index in [2.05, 4.69) is 5.10 Å². The number of benzene rings is 1. The molecule has 0 fully saturated rings. The molecule has 0 spiro atoms. The molecular weight excluding hydrogens is 288 g/mol. The Morgan fingerprint density at radius 3 is 2.71 bits per heavy atom. The molecule has 0 aliphatic rings. The average Bonchev–Trinajstić information content (AvgIpc) is 2.72. The van der Waals surface area contributed by atoms with Gasteiger partial charge in [0.2, 0.25) is 0 Å². The Bertz CT molecular complexity index is 635. The Kier molecular flexibility index (Phi) is 4.91. The van der Waals surface area contributed by atoms with Crippen LogP contribution in [-0.2, 0) is 20.1 Å². The number of nitrogens with zero attached hydrogens (tertiary/aromatic N) is 2. The quantitative estimate of drug-likeness (QED) is 0.918. The van der Waals surface area contributed by atoms with Crippen molar-refractivity contribution in [2.75, 3.05) is 0 Å². The van der Waals surface area contributed by atoms with Crippen molar-refractivity contribution in [3.63, 3.8) is 0 Å². The highest BCUT2D eigenvalue weighted by molar-refractivity contribution is 6.31. The number of aliphatic hydroxyl groups excluding tert-OH is 1. The Balaban J connectivity index is 2.23. The van der Waals surface area contributed by atoms with Gasteiger partial charge in [-0.1, -0.05) is 30.2 Å². The van der Waals surface area contributed by atoms with Crippen LogP contribution in [0.5, 0.6) is 5.75 Å². The largest absolute Gasteiger partial charge is 0.487 e. The summed E-state index contributed by atoms with van der Waals surface area (Å²) in [5.74, 6) is 0.672. The van der Waals surface area contributed by atoms with E-state index in [0.29, 0.717) is 17.4 Å². The Hall–Kier alpha value is -1.52. The van der Waals surface area contributed by atoms with Gasteiger partial charge in [-0.05, 0) is 32.4 Å². The van der Waals surface area contributed by atoms with E-state index in [4.69, 9.17) is 16.3 Å². The van der Waals surface area contributed by atoms with Crippen molar-refractivity contribution >= 4 is 11.6 Å². The molecule has 0 aliphatic carbocycles. The standard InChI is InChI=1S/C16H21ClN2O2/c1-5-13-16(17)14(19(4)18-13)9-21-15-7-6-10(2)8-12(15)11(3)20/h6-8,11,20H,5,9H2,1-4H3/t11-/m0/s1. The third-order valence-corrected chi connectivity index (χ3v) is 3.92. The SMILES string of the molecule is CCc1nn(C)c(COc2ccc(C)cc2[C@H](C)O)c1Cl. The Labute approximate surface area is 130 Å². The monoisotopic (exact) mass is 308 g/mol. The zero-order valence-corrected chi connectivity index (χ0v) is 13.6. The van der Waals surface area contributed by atoms with E-state index in [-0.39, 0.29) is 0 Å². The summed E-state index contributed by atoms with van der Waals surface area (Å²) in [5.41, 5.74) is 3.58. The lowest BCUT2D eigenvalue weighted by Crippen LogP contribution is -2.06. The molecule has 0 saturated carbocycles.